The fourth-order valence-electron chi connectivity index (χ4n) is 2.27. The van der Waals surface area contributed by atoms with E-state index in [1.165, 1.54) is 0 Å². The fraction of sp³-hybridized carbons (Fsp3) is 0.462. The van der Waals surface area contributed by atoms with Gasteiger partial charge in [0.25, 0.3) is 0 Å². The predicted octanol–water partition coefficient (Wildman–Crippen LogP) is 1.37. The van der Waals surface area contributed by atoms with E-state index >= 15 is 0 Å². The Balaban J connectivity index is 2.32. The number of rotatable bonds is 2. The molecule has 1 saturated heterocycles. The van der Waals surface area contributed by atoms with Crippen LogP contribution >= 0.6 is 11.6 Å². The normalized spacial score (nSPS) is 21.1. The number of carbonyl (C=O) groups excluding carboxylic acids is 1. The van der Waals surface area contributed by atoms with Crippen LogP contribution in [0.1, 0.15) is 6.42 Å². The summed E-state index contributed by atoms with van der Waals surface area (Å²) in [6.45, 7) is 1.27. The molecule has 1 unspecified atom stereocenters. The highest BCUT2D eigenvalue weighted by Gasteiger charge is 2.30. The summed E-state index contributed by atoms with van der Waals surface area (Å²) in [6, 6.07) is 6.86. The molecule has 0 aliphatic carbocycles. The van der Waals surface area contributed by atoms with Crippen LogP contribution in [-0.2, 0) is 4.79 Å². The van der Waals surface area contributed by atoms with Crippen LogP contribution in [-0.4, -0.2) is 48.7 Å². The highest BCUT2D eigenvalue weighted by Crippen LogP contribution is 2.23. The summed E-state index contributed by atoms with van der Waals surface area (Å²) < 4.78 is 0. The quantitative estimate of drug-likeness (QED) is 0.881. The van der Waals surface area contributed by atoms with Gasteiger partial charge in [-0.1, -0.05) is 17.7 Å². The average molecular weight is 269 g/mol. The Morgan fingerprint density at radius 1 is 1.44 bits per heavy atom. The zero-order valence-corrected chi connectivity index (χ0v) is 11.1. The van der Waals surface area contributed by atoms with Crippen molar-refractivity contribution in [2.75, 3.05) is 31.6 Å². The second kappa shape index (κ2) is 5.59. The Morgan fingerprint density at radius 2 is 2.22 bits per heavy atom. The SMILES string of the molecule is CN1CCCN(c2cccc(Cl)c2)C(CO)C1=O. The molecule has 0 bridgehead atoms. The summed E-state index contributed by atoms with van der Waals surface area (Å²) >= 11 is 5.98. The van der Waals surface area contributed by atoms with Crippen LogP contribution in [0, 0.1) is 0 Å². The number of halogens is 1. The largest absolute Gasteiger partial charge is 0.394 e. The van der Waals surface area contributed by atoms with Gasteiger partial charge in [-0.25, -0.2) is 0 Å². The molecule has 5 heteroatoms. The first-order valence-electron chi connectivity index (χ1n) is 6.01. The van der Waals surface area contributed by atoms with Crippen molar-refractivity contribution in [3.8, 4) is 0 Å². The zero-order valence-electron chi connectivity index (χ0n) is 10.3. The number of likely N-dealkylation sites (N-methyl/N-ethyl adjacent to an activating group) is 1. The van der Waals surface area contributed by atoms with Crippen LogP contribution in [0.5, 0.6) is 0 Å². The number of hydrogen-bond acceptors (Lipinski definition) is 3. The first-order chi connectivity index (χ1) is 8.63. The van der Waals surface area contributed by atoms with Gasteiger partial charge in [-0.3, -0.25) is 4.79 Å². The topological polar surface area (TPSA) is 43.8 Å². The first kappa shape index (κ1) is 13.2. The molecule has 1 aromatic carbocycles. The Bertz CT molecular complexity index is 439. The highest BCUT2D eigenvalue weighted by atomic mass is 35.5. The Hall–Kier alpha value is -1.26. The molecular weight excluding hydrogens is 252 g/mol. The lowest BCUT2D eigenvalue weighted by Gasteiger charge is -2.30. The molecule has 1 amide bonds. The lowest BCUT2D eigenvalue weighted by molar-refractivity contribution is -0.131. The molecular formula is C13H17ClN2O2. The van der Waals surface area contributed by atoms with Gasteiger partial charge in [0.15, 0.2) is 0 Å². The fourth-order valence-corrected chi connectivity index (χ4v) is 2.46. The number of benzene rings is 1. The summed E-state index contributed by atoms with van der Waals surface area (Å²) in [6.07, 6.45) is 0.880. The third-order valence-corrected chi connectivity index (χ3v) is 3.48. The monoisotopic (exact) mass is 268 g/mol. The van der Waals surface area contributed by atoms with E-state index in [-0.39, 0.29) is 12.5 Å². The number of aliphatic hydroxyl groups is 1. The van der Waals surface area contributed by atoms with Crippen LogP contribution in [0.4, 0.5) is 5.69 Å². The molecule has 0 aromatic heterocycles. The van der Waals surface area contributed by atoms with Crippen molar-refractivity contribution in [1.82, 2.24) is 4.90 Å². The van der Waals surface area contributed by atoms with Crippen LogP contribution < -0.4 is 4.90 Å². The van der Waals surface area contributed by atoms with Gasteiger partial charge >= 0.3 is 0 Å². The molecule has 0 spiro atoms. The minimum absolute atomic E-state index is 0.0463. The van der Waals surface area contributed by atoms with Crippen molar-refractivity contribution in [2.45, 2.75) is 12.5 Å². The van der Waals surface area contributed by atoms with Gasteiger partial charge in [0.05, 0.1) is 6.61 Å². The second-order valence-corrected chi connectivity index (χ2v) is 4.92. The van der Waals surface area contributed by atoms with E-state index in [0.29, 0.717) is 11.6 Å². The number of nitrogens with zero attached hydrogens (tertiary/aromatic N) is 2. The summed E-state index contributed by atoms with van der Waals surface area (Å²) in [5, 5.41) is 10.1. The van der Waals surface area contributed by atoms with Gasteiger partial charge in [-0.2, -0.15) is 0 Å². The van der Waals surface area contributed by atoms with E-state index in [1.54, 1.807) is 18.0 Å². The third-order valence-electron chi connectivity index (χ3n) is 3.24. The standard InChI is InChI=1S/C13H17ClN2O2/c1-15-6-3-7-16(12(9-17)13(15)18)11-5-2-4-10(14)8-11/h2,4-5,8,12,17H,3,6-7,9H2,1H3. The minimum atomic E-state index is -0.518. The molecule has 1 fully saturated rings. The highest BCUT2D eigenvalue weighted by molar-refractivity contribution is 6.30. The summed E-state index contributed by atoms with van der Waals surface area (Å²) in [5.41, 5.74) is 0.880. The maximum absolute atomic E-state index is 12.1. The smallest absolute Gasteiger partial charge is 0.247 e. The molecule has 0 radical (unpaired) electrons. The third kappa shape index (κ3) is 2.60. The summed E-state index contributed by atoms with van der Waals surface area (Å²) in [5.74, 6) is -0.0463. The van der Waals surface area contributed by atoms with Crippen molar-refractivity contribution >= 4 is 23.2 Å². The van der Waals surface area contributed by atoms with Gasteiger partial charge in [-0.15, -0.1) is 0 Å². The number of hydrogen-bond donors (Lipinski definition) is 1. The lowest BCUT2D eigenvalue weighted by atomic mass is 10.2. The molecule has 98 valence electrons. The minimum Gasteiger partial charge on any atom is -0.394 e. The summed E-state index contributed by atoms with van der Waals surface area (Å²) in [4.78, 5) is 15.7. The van der Waals surface area contributed by atoms with Crippen molar-refractivity contribution < 1.29 is 9.90 Å². The van der Waals surface area contributed by atoms with E-state index < -0.39 is 6.04 Å². The van der Waals surface area contributed by atoms with E-state index in [1.807, 2.05) is 23.1 Å². The number of aliphatic hydroxyl groups excluding tert-OH is 1. The molecule has 18 heavy (non-hydrogen) atoms. The van der Waals surface area contributed by atoms with E-state index in [9.17, 15) is 9.90 Å². The number of carbonyl (C=O) groups is 1. The van der Waals surface area contributed by atoms with Gasteiger partial charge in [0.2, 0.25) is 5.91 Å². The molecule has 1 aliphatic heterocycles. The van der Waals surface area contributed by atoms with Crippen LogP contribution in [0.2, 0.25) is 5.02 Å². The Labute approximate surface area is 112 Å². The van der Waals surface area contributed by atoms with Crippen molar-refractivity contribution in [3.63, 3.8) is 0 Å². The molecule has 1 aromatic rings. The van der Waals surface area contributed by atoms with Gasteiger partial charge < -0.3 is 14.9 Å². The Morgan fingerprint density at radius 3 is 2.89 bits per heavy atom. The molecule has 0 saturated carbocycles. The van der Waals surface area contributed by atoms with E-state index in [0.717, 1.165) is 18.7 Å². The number of anilines is 1. The van der Waals surface area contributed by atoms with Crippen molar-refractivity contribution in [1.29, 1.82) is 0 Å². The van der Waals surface area contributed by atoms with Crippen LogP contribution in [0.3, 0.4) is 0 Å². The molecule has 1 aliphatic rings. The van der Waals surface area contributed by atoms with Crippen LogP contribution in [0.25, 0.3) is 0 Å². The van der Waals surface area contributed by atoms with Gasteiger partial charge in [-0.05, 0) is 24.6 Å². The van der Waals surface area contributed by atoms with Crippen molar-refractivity contribution in [3.05, 3.63) is 29.3 Å². The maximum Gasteiger partial charge on any atom is 0.247 e. The zero-order chi connectivity index (χ0) is 13.1. The van der Waals surface area contributed by atoms with E-state index in [4.69, 9.17) is 11.6 Å². The van der Waals surface area contributed by atoms with E-state index in [2.05, 4.69) is 0 Å². The second-order valence-electron chi connectivity index (χ2n) is 4.48. The lowest BCUT2D eigenvalue weighted by Crippen LogP contribution is -2.47. The van der Waals surface area contributed by atoms with Gasteiger partial charge in [0.1, 0.15) is 6.04 Å². The summed E-state index contributed by atoms with van der Waals surface area (Å²) in [7, 11) is 1.77. The van der Waals surface area contributed by atoms with Crippen molar-refractivity contribution in [2.24, 2.45) is 0 Å². The molecule has 2 rings (SSSR count). The number of amides is 1. The predicted molar refractivity (Wildman–Crippen MR) is 71.9 cm³/mol. The molecule has 1 N–H and O–H groups in total. The Kier molecular flexibility index (Phi) is 4.09. The van der Waals surface area contributed by atoms with Gasteiger partial charge in [0, 0.05) is 30.8 Å². The molecule has 4 nitrogen and oxygen atoms in total. The first-order valence-corrected chi connectivity index (χ1v) is 6.39. The molecule has 1 atom stereocenters. The molecule has 1 heterocycles. The van der Waals surface area contributed by atoms with Crippen LogP contribution in [0.15, 0.2) is 24.3 Å². The average Bonchev–Trinajstić information content (AvgIpc) is 2.50. The maximum atomic E-state index is 12.1.